The number of para-hydroxylation sites is 2. The predicted molar refractivity (Wildman–Crippen MR) is 111 cm³/mol. The van der Waals surface area contributed by atoms with Crippen molar-refractivity contribution in [3.05, 3.63) is 93.5 Å². The van der Waals surface area contributed by atoms with Crippen LogP contribution in [-0.4, -0.2) is 33.6 Å². The van der Waals surface area contributed by atoms with Gasteiger partial charge in [-0.05, 0) is 30.3 Å². The second kappa shape index (κ2) is 6.24. The number of nitrogens with zero attached hydrogens (tertiary/aromatic N) is 3. The number of imide groups is 1. The van der Waals surface area contributed by atoms with E-state index >= 15 is 0 Å². The van der Waals surface area contributed by atoms with E-state index in [4.69, 9.17) is 4.74 Å². The summed E-state index contributed by atoms with van der Waals surface area (Å²) in [6.07, 6.45) is 0. The Morgan fingerprint density at radius 2 is 1.44 bits per heavy atom. The summed E-state index contributed by atoms with van der Waals surface area (Å²) < 4.78 is 5.99. The van der Waals surface area contributed by atoms with Crippen molar-refractivity contribution in [3.63, 3.8) is 0 Å². The average Bonchev–Trinajstić information content (AvgIpc) is 2.97. The lowest BCUT2D eigenvalue weighted by Gasteiger charge is -2.48. The van der Waals surface area contributed by atoms with Crippen LogP contribution in [0.5, 0.6) is 11.5 Å². The number of anilines is 1. The van der Waals surface area contributed by atoms with Gasteiger partial charge in [0, 0.05) is 17.7 Å². The van der Waals surface area contributed by atoms with Gasteiger partial charge in [0.05, 0.1) is 27.8 Å². The van der Waals surface area contributed by atoms with Crippen molar-refractivity contribution < 1.29 is 24.0 Å². The minimum atomic E-state index is -1.14. The number of rotatable bonds is 2. The Kier molecular flexibility index (Phi) is 3.56. The molecule has 1 saturated heterocycles. The molecule has 0 aliphatic carbocycles. The molecule has 3 aliphatic rings. The lowest BCUT2D eigenvalue weighted by Crippen LogP contribution is -2.66. The van der Waals surface area contributed by atoms with E-state index in [0.29, 0.717) is 22.7 Å². The second-order valence-corrected chi connectivity index (χ2v) is 7.67. The van der Waals surface area contributed by atoms with Gasteiger partial charge in [-0.1, -0.05) is 24.3 Å². The topological polar surface area (TPSA) is 110 Å². The van der Waals surface area contributed by atoms with Gasteiger partial charge in [0.2, 0.25) is 0 Å². The molecule has 3 aliphatic heterocycles. The Bertz CT molecular complexity index is 1350. The van der Waals surface area contributed by atoms with Gasteiger partial charge in [-0.3, -0.25) is 34.3 Å². The molecule has 0 N–H and O–H groups in total. The molecule has 0 aromatic heterocycles. The molecule has 32 heavy (non-hydrogen) atoms. The number of amides is 3. The third-order valence-electron chi connectivity index (χ3n) is 6.04. The van der Waals surface area contributed by atoms with Gasteiger partial charge in [-0.25, -0.2) is 0 Å². The molecule has 9 heteroatoms. The van der Waals surface area contributed by atoms with Crippen LogP contribution in [0.1, 0.15) is 32.3 Å². The molecular weight excluding hydrogens is 414 g/mol. The number of nitro benzene ring substituents is 1. The van der Waals surface area contributed by atoms with Crippen LogP contribution in [0.25, 0.3) is 0 Å². The first-order valence-corrected chi connectivity index (χ1v) is 9.82. The molecule has 1 fully saturated rings. The normalized spacial score (nSPS) is 20.4. The lowest BCUT2D eigenvalue weighted by atomic mass is 9.86. The minimum Gasteiger partial charge on any atom is -0.455 e. The van der Waals surface area contributed by atoms with E-state index in [9.17, 15) is 24.5 Å². The SMILES string of the molecule is O=C1c2ccccc2C(=O)N1[C@@H]1C(=O)N2c3ccccc3Oc3ccc([N+](=O)[O-])cc3[C@@H]12. The smallest absolute Gasteiger partial charge is 0.270 e. The number of hydrogen-bond acceptors (Lipinski definition) is 6. The van der Waals surface area contributed by atoms with Crippen molar-refractivity contribution in [1.29, 1.82) is 0 Å². The molecule has 3 aromatic carbocycles. The first-order chi connectivity index (χ1) is 15.5. The van der Waals surface area contributed by atoms with Crippen molar-refractivity contribution in [1.82, 2.24) is 4.90 Å². The number of fused-ring (bicyclic) bond motifs is 6. The predicted octanol–water partition coefficient (Wildman–Crippen LogP) is 3.45. The molecule has 0 saturated carbocycles. The van der Waals surface area contributed by atoms with E-state index in [0.717, 1.165) is 4.90 Å². The standard InChI is InChI=1S/C23H13N3O6/c27-21-13-5-1-2-6-14(13)22(28)25(21)20-19-15-11-12(26(30)31)9-10-17(15)32-18-8-4-3-7-16(18)24(19)23(20)29/h1-11,19-20H/t19-,20-/m0/s1. The number of carbonyl (C=O) groups excluding carboxylic acids is 3. The molecule has 0 radical (unpaired) electrons. The Hall–Kier alpha value is -4.53. The number of nitro groups is 1. The maximum absolute atomic E-state index is 13.4. The summed E-state index contributed by atoms with van der Waals surface area (Å²) in [5.41, 5.74) is 1.10. The highest BCUT2D eigenvalue weighted by atomic mass is 16.6. The Morgan fingerprint density at radius 3 is 2.12 bits per heavy atom. The molecule has 0 bridgehead atoms. The van der Waals surface area contributed by atoms with Crippen molar-refractivity contribution in [2.75, 3.05) is 4.90 Å². The van der Waals surface area contributed by atoms with Crippen LogP contribution < -0.4 is 9.64 Å². The van der Waals surface area contributed by atoms with E-state index in [1.54, 1.807) is 48.5 Å². The second-order valence-electron chi connectivity index (χ2n) is 7.67. The van der Waals surface area contributed by atoms with Crippen LogP contribution in [0.2, 0.25) is 0 Å². The van der Waals surface area contributed by atoms with E-state index in [-0.39, 0.29) is 16.8 Å². The van der Waals surface area contributed by atoms with Crippen molar-refractivity contribution >= 4 is 29.1 Å². The zero-order chi connectivity index (χ0) is 22.1. The minimum absolute atomic E-state index is 0.182. The molecule has 3 heterocycles. The van der Waals surface area contributed by atoms with E-state index in [1.807, 2.05) is 0 Å². The lowest BCUT2D eigenvalue weighted by molar-refractivity contribution is -0.385. The monoisotopic (exact) mass is 427 g/mol. The molecule has 3 aromatic rings. The summed E-state index contributed by atoms with van der Waals surface area (Å²) in [5.74, 6) is -0.855. The van der Waals surface area contributed by atoms with E-state index in [1.165, 1.54) is 23.1 Å². The van der Waals surface area contributed by atoms with Crippen molar-refractivity contribution in [2.24, 2.45) is 0 Å². The largest absolute Gasteiger partial charge is 0.455 e. The third kappa shape index (κ3) is 2.24. The van der Waals surface area contributed by atoms with Crippen LogP contribution in [0, 0.1) is 10.1 Å². The first kappa shape index (κ1) is 18.3. The molecule has 3 amide bonds. The summed E-state index contributed by atoms with van der Waals surface area (Å²) in [5, 5.41) is 11.4. The summed E-state index contributed by atoms with van der Waals surface area (Å²) in [6.45, 7) is 0. The van der Waals surface area contributed by atoms with Gasteiger partial charge < -0.3 is 4.74 Å². The van der Waals surface area contributed by atoms with Gasteiger partial charge >= 0.3 is 0 Å². The summed E-state index contributed by atoms with van der Waals surface area (Å²) >= 11 is 0. The Morgan fingerprint density at radius 1 is 0.781 bits per heavy atom. The van der Waals surface area contributed by atoms with Crippen molar-refractivity contribution in [2.45, 2.75) is 12.1 Å². The van der Waals surface area contributed by atoms with Gasteiger partial charge in [-0.15, -0.1) is 0 Å². The Labute approximate surface area is 180 Å². The highest BCUT2D eigenvalue weighted by Crippen LogP contribution is 2.53. The summed E-state index contributed by atoms with van der Waals surface area (Å²) in [6, 6.07) is 15.4. The number of β-lactam (4-membered cyclic amide) rings is 1. The average molecular weight is 427 g/mol. The molecule has 0 unspecified atom stereocenters. The summed E-state index contributed by atoms with van der Waals surface area (Å²) in [4.78, 5) is 52.8. The molecule has 156 valence electrons. The quantitative estimate of drug-likeness (QED) is 0.268. The van der Waals surface area contributed by atoms with Gasteiger partial charge in [0.25, 0.3) is 23.4 Å². The van der Waals surface area contributed by atoms with E-state index in [2.05, 4.69) is 0 Å². The highest BCUT2D eigenvalue weighted by molar-refractivity contribution is 6.25. The van der Waals surface area contributed by atoms with Gasteiger partial charge in [-0.2, -0.15) is 0 Å². The number of ether oxygens (including phenoxy) is 1. The Balaban J connectivity index is 1.53. The van der Waals surface area contributed by atoms with Gasteiger partial charge in [0.1, 0.15) is 11.8 Å². The molecule has 0 spiro atoms. The zero-order valence-corrected chi connectivity index (χ0v) is 16.3. The van der Waals surface area contributed by atoms with Crippen molar-refractivity contribution in [3.8, 4) is 11.5 Å². The first-order valence-electron chi connectivity index (χ1n) is 9.82. The van der Waals surface area contributed by atoms with E-state index < -0.39 is 34.7 Å². The van der Waals surface area contributed by atoms with Gasteiger partial charge in [0.15, 0.2) is 5.75 Å². The number of benzene rings is 3. The maximum Gasteiger partial charge on any atom is 0.270 e. The molecule has 2 atom stereocenters. The number of non-ortho nitro benzene ring substituents is 1. The maximum atomic E-state index is 13.4. The fourth-order valence-electron chi connectivity index (χ4n) is 4.60. The third-order valence-corrected chi connectivity index (χ3v) is 6.04. The molecular formula is C23H13N3O6. The van der Waals surface area contributed by atoms with Crippen LogP contribution in [0.15, 0.2) is 66.7 Å². The molecule has 9 nitrogen and oxygen atoms in total. The van der Waals surface area contributed by atoms with Crippen LogP contribution in [-0.2, 0) is 4.79 Å². The fourth-order valence-corrected chi connectivity index (χ4v) is 4.60. The van der Waals surface area contributed by atoms with Crippen LogP contribution >= 0.6 is 0 Å². The number of hydrogen-bond donors (Lipinski definition) is 0. The zero-order valence-electron chi connectivity index (χ0n) is 16.3. The highest BCUT2D eigenvalue weighted by Gasteiger charge is 2.59. The van der Waals surface area contributed by atoms with Crippen LogP contribution in [0.3, 0.4) is 0 Å². The number of carbonyl (C=O) groups is 3. The fraction of sp³-hybridized carbons (Fsp3) is 0.0870. The molecule has 6 rings (SSSR count). The van der Waals surface area contributed by atoms with Crippen LogP contribution in [0.4, 0.5) is 11.4 Å². The summed E-state index contributed by atoms with van der Waals surface area (Å²) in [7, 11) is 0.